The van der Waals surface area contributed by atoms with Crippen molar-refractivity contribution < 1.29 is 19.5 Å². The van der Waals surface area contributed by atoms with Crippen LogP contribution in [-0.4, -0.2) is 59.5 Å². The zero-order valence-corrected chi connectivity index (χ0v) is 10.7. The Morgan fingerprint density at radius 2 is 2.05 bits per heavy atom. The Morgan fingerprint density at radius 1 is 1.26 bits per heavy atom. The molecule has 2 atom stereocenters. The second kappa shape index (κ2) is 6.01. The first kappa shape index (κ1) is 13.8. The van der Waals surface area contributed by atoms with Gasteiger partial charge in [0.2, 0.25) is 11.8 Å². The van der Waals surface area contributed by atoms with Gasteiger partial charge in [0.1, 0.15) is 6.04 Å². The first-order valence-corrected chi connectivity index (χ1v) is 6.63. The molecule has 0 bridgehead atoms. The Hall–Kier alpha value is -1.63. The van der Waals surface area contributed by atoms with E-state index in [2.05, 4.69) is 10.6 Å². The highest BCUT2D eigenvalue weighted by Gasteiger charge is 2.34. The van der Waals surface area contributed by atoms with Gasteiger partial charge in [0.15, 0.2) is 0 Å². The van der Waals surface area contributed by atoms with Gasteiger partial charge in [0, 0.05) is 6.54 Å². The second-order valence-electron chi connectivity index (χ2n) is 4.95. The van der Waals surface area contributed by atoms with E-state index in [-0.39, 0.29) is 24.4 Å². The van der Waals surface area contributed by atoms with Crippen LogP contribution >= 0.6 is 0 Å². The molecular formula is C12H19N3O4. The van der Waals surface area contributed by atoms with Crippen LogP contribution in [0.25, 0.3) is 0 Å². The normalized spacial score (nSPS) is 26.4. The summed E-state index contributed by atoms with van der Waals surface area (Å²) in [6.07, 6.45) is 2.92. The van der Waals surface area contributed by atoms with E-state index in [1.165, 1.54) is 4.90 Å². The summed E-state index contributed by atoms with van der Waals surface area (Å²) in [7, 11) is 0. The molecule has 0 radical (unpaired) electrons. The van der Waals surface area contributed by atoms with Crippen LogP contribution in [0, 0.1) is 0 Å². The highest BCUT2D eigenvalue weighted by Crippen LogP contribution is 2.17. The van der Waals surface area contributed by atoms with Crippen molar-refractivity contribution in [2.45, 2.75) is 37.8 Å². The zero-order chi connectivity index (χ0) is 13.8. The van der Waals surface area contributed by atoms with Crippen LogP contribution < -0.4 is 10.6 Å². The summed E-state index contributed by atoms with van der Waals surface area (Å²) in [6.45, 7) is 1.15. The van der Waals surface area contributed by atoms with E-state index >= 15 is 0 Å². The lowest BCUT2D eigenvalue weighted by Crippen LogP contribution is -2.48. The van der Waals surface area contributed by atoms with Gasteiger partial charge in [-0.2, -0.15) is 0 Å². The Balaban J connectivity index is 1.80. The number of carboxylic acids is 1. The van der Waals surface area contributed by atoms with Crippen LogP contribution in [0.2, 0.25) is 0 Å². The molecule has 3 N–H and O–H groups in total. The standard InChI is InChI=1S/C12H19N3O4/c16-10(15-6-2-4-9(15)12(18)19)7-14-11(17)8-3-1-5-13-8/h8-9,13H,1-7H2,(H,14,17)(H,18,19)/t8-,9+/m0/s1. The maximum atomic E-state index is 11.9. The van der Waals surface area contributed by atoms with Gasteiger partial charge in [-0.1, -0.05) is 0 Å². The fourth-order valence-electron chi connectivity index (χ4n) is 2.62. The summed E-state index contributed by atoms with van der Waals surface area (Å²) < 4.78 is 0. The third kappa shape index (κ3) is 3.23. The summed E-state index contributed by atoms with van der Waals surface area (Å²) >= 11 is 0. The van der Waals surface area contributed by atoms with Crippen LogP contribution in [0.3, 0.4) is 0 Å². The van der Waals surface area contributed by atoms with Gasteiger partial charge in [0.25, 0.3) is 0 Å². The Labute approximate surface area is 111 Å². The van der Waals surface area contributed by atoms with Gasteiger partial charge in [0.05, 0.1) is 12.6 Å². The molecule has 2 fully saturated rings. The van der Waals surface area contributed by atoms with E-state index in [1.807, 2.05) is 0 Å². The number of nitrogens with zero attached hydrogens (tertiary/aromatic N) is 1. The third-order valence-electron chi connectivity index (χ3n) is 3.65. The highest BCUT2D eigenvalue weighted by atomic mass is 16.4. The van der Waals surface area contributed by atoms with Gasteiger partial charge in [-0.25, -0.2) is 4.79 Å². The average molecular weight is 269 g/mol. The van der Waals surface area contributed by atoms with Crippen LogP contribution in [-0.2, 0) is 14.4 Å². The molecule has 2 aliphatic rings. The maximum absolute atomic E-state index is 11.9. The monoisotopic (exact) mass is 269 g/mol. The Morgan fingerprint density at radius 3 is 2.68 bits per heavy atom. The van der Waals surface area contributed by atoms with Crippen LogP contribution in [0.15, 0.2) is 0 Å². The number of rotatable bonds is 4. The predicted molar refractivity (Wildman–Crippen MR) is 66.4 cm³/mol. The molecule has 106 valence electrons. The molecule has 2 heterocycles. The van der Waals surface area contributed by atoms with Crippen molar-refractivity contribution in [1.29, 1.82) is 0 Å². The summed E-state index contributed by atoms with van der Waals surface area (Å²) in [5.74, 6) is -1.48. The van der Waals surface area contributed by atoms with Crippen molar-refractivity contribution >= 4 is 17.8 Å². The average Bonchev–Trinajstić information content (AvgIpc) is 3.04. The van der Waals surface area contributed by atoms with Crippen molar-refractivity contribution in [2.24, 2.45) is 0 Å². The lowest BCUT2D eigenvalue weighted by molar-refractivity contribution is -0.148. The molecule has 19 heavy (non-hydrogen) atoms. The lowest BCUT2D eigenvalue weighted by Gasteiger charge is -2.22. The fraction of sp³-hybridized carbons (Fsp3) is 0.750. The number of hydrogen-bond acceptors (Lipinski definition) is 4. The van der Waals surface area contributed by atoms with Gasteiger partial charge in [-0.15, -0.1) is 0 Å². The number of amides is 2. The molecule has 0 spiro atoms. The topological polar surface area (TPSA) is 98.7 Å². The molecular weight excluding hydrogens is 250 g/mol. The number of carbonyl (C=O) groups is 3. The van der Waals surface area contributed by atoms with E-state index in [9.17, 15) is 14.4 Å². The molecule has 0 aromatic carbocycles. The largest absolute Gasteiger partial charge is 0.480 e. The molecule has 0 aromatic rings. The number of aliphatic carboxylic acids is 1. The smallest absolute Gasteiger partial charge is 0.326 e. The Bertz CT molecular complexity index is 379. The van der Waals surface area contributed by atoms with E-state index in [0.717, 1.165) is 19.4 Å². The van der Waals surface area contributed by atoms with E-state index < -0.39 is 12.0 Å². The minimum atomic E-state index is -0.977. The molecule has 2 amide bonds. The molecule has 7 heteroatoms. The van der Waals surface area contributed by atoms with E-state index in [1.54, 1.807) is 0 Å². The van der Waals surface area contributed by atoms with E-state index in [4.69, 9.17) is 5.11 Å². The first-order valence-electron chi connectivity index (χ1n) is 6.63. The number of carbonyl (C=O) groups excluding carboxylic acids is 2. The second-order valence-corrected chi connectivity index (χ2v) is 4.95. The van der Waals surface area contributed by atoms with Crippen LogP contribution in [0.1, 0.15) is 25.7 Å². The van der Waals surface area contributed by atoms with Crippen molar-refractivity contribution in [3.8, 4) is 0 Å². The van der Waals surface area contributed by atoms with Gasteiger partial charge in [-0.3, -0.25) is 9.59 Å². The Kier molecular flexibility index (Phi) is 4.36. The minimum Gasteiger partial charge on any atom is -0.480 e. The van der Waals surface area contributed by atoms with Crippen LogP contribution in [0.5, 0.6) is 0 Å². The molecule has 0 saturated carbocycles. The summed E-state index contributed by atoms with van der Waals surface area (Å²) in [5, 5.41) is 14.6. The summed E-state index contributed by atoms with van der Waals surface area (Å²) in [4.78, 5) is 35.9. The minimum absolute atomic E-state index is 0.124. The SMILES string of the molecule is O=C(NCC(=O)N1CCC[C@@H]1C(=O)O)[C@@H]1CCCN1. The summed E-state index contributed by atoms with van der Waals surface area (Å²) in [6, 6.07) is -0.962. The number of nitrogens with one attached hydrogen (secondary N) is 2. The predicted octanol–water partition coefficient (Wildman–Crippen LogP) is -1.07. The molecule has 0 aliphatic carbocycles. The third-order valence-corrected chi connectivity index (χ3v) is 3.65. The van der Waals surface area contributed by atoms with Crippen molar-refractivity contribution in [1.82, 2.24) is 15.5 Å². The van der Waals surface area contributed by atoms with Crippen molar-refractivity contribution in [2.75, 3.05) is 19.6 Å². The van der Waals surface area contributed by atoms with Gasteiger partial charge < -0.3 is 20.6 Å². The van der Waals surface area contributed by atoms with Gasteiger partial charge in [-0.05, 0) is 32.2 Å². The molecule has 2 rings (SSSR count). The van der Waals surface area contributed by atoms with Crippen molar-refractivity contribution in [3.05, 3.63) is 0 Å². The summed E-state index contributed by atoms with van der Waals surface area (Å²) in [5.41, 5.74) is 0. The molecule has 7 nitrogen and oxygen atoms in total. The molecule has 2 saturated heterocycles. The first-order chi connectivity index (χ1) is 9.09. The maximum Gasteiger partial charge on any atom is 0.326 e. The van der Waals surface area contributed by atoms with Gasteiger partial charge >= 0.3 is 5.97 Å². The van der Waals surface area contributed by atoms with E-state index in [0.29, 0.717) is 19.4 Å². The molecule has 0 aromatic heterocycles. The number of likely N-dealkylation sites (tertiary alicyclic amines) is 1. The zero-order valence-electron chi connectivity index (χ0n) is 10.7. The number of hydrogen-bond donors (Lipinski definition) is 3. The number of carboxylic acid groups (broad SMARTS) is 1. The van der Waals surface area contributed by atoms with Crippen LogP contribution in [0.4, 0.5) is 0 Å². The lowest BCUT2D eigenvalue weighted by atomic mass is 10.2. The quantitative estimate of drug-likeness (QED) is 0.603. The van der Waals surface area contributed by atoms with Crippen molar-refractivity contribution in [3.63, 3.8) is 0 Å². The molecule has 2 aliphatic heterocycles. The molecule has 0 unspecified atom stereocenters. The fourth-order valence-corrected chi connectivity index (χ4v) is 2.62. The highest BCUT2D eigenvalue weighted by molar-refractivity contribution is 5.89.